The molecular weight excluding hydrogens is 260 g/mol. The van der Waals surface area contributed by atoms with Crippen molar-refractivity contribution in [2.75, 3.05) is 5.32 Å². The van der Waals surface area contributed by atoms with Crippen molar-refractivity contribution >= 4 is 11.6 Å². The summed E-state index contributed by atoms with van der Waals surface area (Å²) in [6, 6.07) is 14.8. The minimum atomic E-state index is 0.175. The molecule has 0 bridgehead atoms. The standard InChI is InChI=1S/C17H20N4/c1-4-14-8-10-15(11-9-14)13(3)18-17-19-16-7-5-6-12(2)21(16)20-17/h5-11,13H,4H2,1-3H3,(H,18,20). The predicted molar refractivity (Wildman–Crippen MR) is 85.6 cm³/mol. The molecule has 3 rings (SSSR count). The number of nitrogens with zero attached hydrogens (tertiary/aromatic N) is 3. The molecule has 4 heteroatoms. The molecule has 108 valence electrons. The Morgan fingerprint density at radius 2 is 1.90 bits per heavy atom. The first-order valence-corrected chi connectivity index (χ1v) is 7.35. The zero-order chi connectivity index (χ0) is 14.8. The van der Waals surface area contributed by atoms with Crippen LogP contribution in [0, 0.1) is 6.92 Å². The summed E-state index contributed by atoms with van der Waals surface area (Å²) >= 11 is 0. The van der Waals surface area contributed by atoms with Crippen LogP contribution in [0.5, 0.6) is 0 Å². The van der Waals surface area contributed by atoms with Gasteiger partial charge in [0.25, 0.3) is 0 Å². The monoisotopic (exact) mass is 280 g/mol. The molecule has 0 fully saturated rings. The molecule has 0 amide bonds. The van der Waals surface area contributed by atoms with E-state index in [0.29, 0.717) is 5.95 Å². The maximum atomic E-state index is 4.51. The van der Waals surface area contributed by atoms with Gasteiger partial charge in [-0.1, -0.05) is 37.3 Å². The summed E-state index contributed by atoms with van der Waals surface area (Å²) in [6.45, 7) is 6.32. The zero-order valence-corrected chi connectivity index (χ0v) is 12.7. The quantitative estimate of drug-likeness (QED) is 0.791. The Morgan fingerprint density at radius 3 is 2.57 bits per heavy atom. The van der Waals surface area contributed by atoms with Gasteiger partial charge in [-0.2, -0.15) is 4.98 Å². The van der Waals surface area contributed by atoms with Crippen molar-refractivity contribution < 1.29 is 0 Å². The highest BCUT2D eigenvalue weighted by molar-refractivity contribution is 5.45. The van der Waals surface area contributed by atoms with Crippen molar-refractivity contribution in [2.24, 2.45) is 0 Å². The number of anilines is 1. The van der Waals surface area contributed by atoms with Crippen LogP contribution in [0.15, 0.2) is 42.5 Å². The lowest BCUT2D eigenvalue weighted by Crippen LogP contribution is -2.08. The van der Waals surface area contributed by atoms with Crippen molar-refractivity contribution in [3.8, 4) is 0 Å². The van der Waals surface area contributed by atoms with Gasteiger partial charge in [0.2, 0.25) is 5.95 Å². The van der Waals surface area contributed by atoms with Gasteiger partial charge in [0.1, 0.15) is 0 Å². The largest absolute Gasteiger partial charge is 0.346 e. The van der Waals surface area contributed by atoms with Crippen LogP contribution in [0.3, 0.4) is 0 Å². The maximum Gasteiger partial charge on any atom is 0.243 e. The fourth-order valence-electron chi connectivity index (χ4n) is 2.42. The Balaban J connectivity index is 1.81. The second kappa shape index (κ2) is 5.56. The lowest BCUT2D eigenvalue weighted by atomic mass is 10.1. The third-order valence-corrected chi connectivity index (χ3v) is 3.78. The summed E-state index contributed by atoms with van der Waals surface area (Å²) in [7, 11) is 0. The Bertz CT molecular complexity index is 743. The molecule has 0 saturated heterocycles. The molecule has 21 heavy (non-hydrogen) atoms. The number of aromatic nitrogens is 3. The highest BCUT2D eigenvalue weighted by atomic mass is 15.4. The summed E-state index contributed by atoms with van der Waals surface area (Å²) in [4.78, 5) is 4.51. The predicted octanol–water partition coefficient (Wildman–Crippen LogP) is 3.77. The minimum Gasteiger partial charge on any atom is -0.346 e. The van der Waals surface area contributed by atoms with Crippen molar-refractivity contribution in [2.45, 2.75) is 33.2 Å². The van der Waals surface area contributed by atoms with Crippen LogP contribution in [-0.2, 0) is 6.42 Å². The SMILES string of the molecule is CCc1ccc(C(C)Nc2nc3cccc(C)n3n2)cc1. The third kappa shape index (κ3) is 2.75. The smallest absolute Gasteiger partial charge is 0.243 e. The summed E-state index contributed by atoms with van der Waals surface area (Å²) in [6.07, 6.45) is 1.06. The normalized spacial score (nSPS) is 12.5. The van der Waals surface area contributed by atoms with Crippen molar-refractivity contribution in [1.29, 1.82) is 0 Å². The molecule has 0 saturated carbocycles. The van der Waals surface area contributed by atoms with E-state index in [1.807, 2.05) is 29.6 Å². The second-order valence-corrected chi connectivity index (χ2v) is 5.33. The van der Waals surface area contributed by atoms with E-state index in [4.69, 9.17) is 0 Å². The molecule has 0 aliphatic rings. The highest BCUT2D eigenvalue weighted by Crippen LogP contribution is 2.18. The zero-order valence-electron chi connectivity index (χ0n) is 12.7. The van der Waals surface area contributed by atoms with Crippen molar-refractivity contribution in [3.05, 3.63) is 59.3 Å². The third-order valence-electron chi connectivity index (χ3n) is 3.78. The van der Waals surface area contributed by atoms with Gasteiger partial charge < -0.3 is 5.32 Å². The van der Waals surface area contributed by atoms with E-state index in [1.165, 1.54) is 11.1 Å². The van der Waals surface area contributed by atoms with Crippen molar-refractivity contribution in [1.82, 2.24) is 14.6 Å². The first-order chi connectivity index (χ1) is 10.2. The Morgan fingerprint density at radius 1 is 1.14 bits per heavy atom. The van der Waals surface area contributed by atoms with E-state index in [9.17, 15) is 0 Å². The molecule has 2 aromatic heterocycles. The maximum absolute atomic E-state index is 4.51. The lowest BCUT2D eigenvalue weighted by molar-refractivity contribution is 0.845. The Hall–Kier alpha value is -2.36. The number of benzene rings is 1. The molecule has 0 radical (unpaired) electrons. The number of hydrogen-bond acceptors (Lipinski definition) is 3. The highest BCUT2D eigenvalue weighted by Gasteiger charge is 2.10. The van der Waals surface area contributed by atoms with Crippen LogP contribution in [-0.4, -0.2) is 14.6 Å². The van der Waals surface area contributed by atoms with Gasteiger partial charge in [-0.3, -0.25) is 0 Å². The van der Waals surface area contributed by atoms with Gasteiger partial charge in [-0.25, -0.2) is 4.52 Å². The van der Waals surface area contributed by atoms with E-state index < -0.39 is 0 Å². The molecule has 1 N–H and O–H groups in total. The first-order valence-electron chi connectivity index (χ1n) is 7.35. The molecule has 2 heterocycles. The van der Waals surface area contributed by atoms with Gasteiger partial charge in [0, 0.05) is 5.69 Å². The molecule has 0 spiro atoms. The van der Waals surface area contributed by atoms with Gasteiger partial charge in [0.05, 0.1) is 6.04 Å². The van der Waals surface area contributed by atoms with E-state index >= 15 is 0 Å². The Kier molecular flexibility index (Phi) is 3.60. The van der Waals surface area contributed by atoms with E-state index in [-0.39, 0.29) is 6.04 Å². The first kappa shape index (κ1) is 13.6. The number of pyridine rings is 1. The summed E-state index contributed by atoms with van der Waals surface area (Å²) in [5, 5.41) is 7.88. The van der Waals surface area contributed by atoms with E-state index in [1.54, 1.807) is 0 Å². The number of rotatable bonds is 4. The molecule has 1 aromatic carbocycles. The molecule has 1 unspecified atom stereocenters. The van der Waals surface area contributed by atoms with Crippen LogP contribution >= 0.6 is 0 Å². The van der Waals surface area contributed by atoms with Gasteiger partial charge in [0.15, 0.2) is 5.65 Å². The van der Waals surface area contributed by atoms with Crippen LogP contribution in [0.4, 0.5) is 5.95 Å². The minimum absolute atomic E-state index is 0.175. The number of nitrogens with one attached hydrogen (secondary N) is 1. The number of hydrogen-bond donors (Lipinski definition) is 1. The van der Waals surface area contributed by atoms with Gasteiger partial charge in [-0.15, -0.1) is 5.10 Å². The van der Waals surface area contributed by atoms with E-state index in [2.05, 4.69) is 53.5 Å². The second-order valence-electron chi connectivity index (χ2n) is 5.33. The molecule has 4 nitrogen and oxygen atoms in total. The summed E-state index contributed by atoms with van der Waals surface area (Å²) < 4.78 is 1.86. The van der Waals surface area contributed by atoms with Crippen LogP contribution in [0.2, 0.25) is 0 Å². The molecule has 1 atom stereocenters. The summed E-state index contributed by atoms with van der Waals surface area (Å²) in [5.74, 6) is 0.663. The molecular formula is C17H20N4. The number of aryl methyl sites for hydroxylation is 2. The average Bonchev–Trinajstić information content (AvgIpc) is 2.91. The summed E-state index contributed by atoms with van der Waals surface area (Å²) in [5.41, 5.74) is 4.54. The average molecular weight is 280 g/mol. The molecule has 0 aliphatic heterocycles. The molecule has 3 aromatic rings. The van der Waals surface area contributed by atoms with Crippen LogP contribution in [0.25, 0.3) is 5.65 Å². The number of fused-ring (bicyclic) bond motifs is 1. The van der Waals surface area contributed by atoms with Gasteiger partial charge >= 0.3 is 0 Å². The van der Waals surface area contributed by atoms with Crippen LogP contribution in [0.1, 0.15) is 36.7 Å². The topological polar surface area (TPSA) is 42.2 Å². The fourth-order valence-corrected chi connectivity index (χ4v) is 2.42. The Labute approximate surface area is 124 Å². The fraction of sp³-hybridized carbons (Fsp3) is 0.294. The van der Waals surface area contributed by atoms with Crippen molar-refractivity contribution in [3.63, 3.8) is 0 Å². The van der Waals surface area contributed by atoms with Gasteiger partial charge in [-0.05, 0) is 43.5 Å². The lowest BCUT2D eigenvalue weighted by Gasteiger charge is -2.13. The van der Waals surface area contributed by atoms with E-state index in [0.717, 1.165) is 17.8 Å². The van der Waals surface area contributed by atoms with Crippen LogP contribution < -0.4 is 5.32 Å². The molecule has 0 aliphatic carbocycles.